The zero-order valence-electron chi connectivity index (χ0n) is 9.60. The molecule has 0 aliphatic heterocycles. The highest BCUT2D eigenvalue weighted by molar-refractivity contribution is 7.89. The molecule has 0 unspecified atom stereocenters. The van der Waals surface area contributed by atoms with E-state index >= 15 is 0 Å². The molecule has 0 amide bonds. The van der Waals surface area contributed by atoms with Gasteiger partial charge in [-0.05, 0) is 19.8 Å². The molecule has 0 spiro atoms. The van der Waals surface area contributed by atoms with Crippen LogP contribution in [0, 0.1) is 5.92 Å². The van der Waals surface area contributed by atoms with Crippen LogP contribution in [0.3, 0.4) is 0 Å². The Labute approximate surface area is 91.1 Å². The number of carboxylic acids is 1. The van der Waals surface area contributed by atoms with Gasteiger partial charge in [0.1, 0.15) is 0 Å². The van der Waals surface area contributed by atoms with Gasteiger partial charge in [0.2, 0.25) is 10.0 Å². The summed E-state index contributed by atoms with van der Waals surface area (Å²) in [6.45, 7) is 7.62. The van der Waals surface area contributed by atoms with Crippen LogP contribution >= 0.6 is 0 Å². The second kappa shape index (κ2) is 5.46. The summed E-state index contributed by atoms with van der Waals surface area (Å²) >= 11 is 0. The van der Waals surface area contributed by atoms with Crippen LogP contribution in [-0.2, 0) is 14.8 Å². The molecule has 0 aromatic heterocycles. The van der Waals surface area contributed by atoms with Gasteiger partial charge >= 0.3 is 5.97 Å². The van der Waals surface area contributed by atoms with E-state index in [0.717, 1.165) is 0 Å². The summed E-state index contributed by atoms with van der Waals surface area (Å²) in [6.07, 6.45) is 0. The van der Waals surface area contributed by atoms with Crippen molar-refractivity contribution in [2.24, 2.45) is 5.92 Å². The first kappa shape index (κ1) is 14.4. The standard InChI is InChI=1S/C9H19NO4S/c1-7(2)5-10(8(3)4)15(13,14)6-9(11)12/h7-8H,5-6H2,1-4H3,(H,11,12). The van der Waals surface area contributed by atoms with Gasteiger partial charge in [0.05, 0.1) is 0 Å². The van der Waals surface area contributed by atoms with E-state index in [4.69, 9.17) is 5.11 Å². The number of nitrogens with zero attached hydrogens (tertiary/aromatic N) is 1. The van der Waals surface area contributed by atoms with Gasteiger partial charge in [0.15, 0.2) is 5.75 Å². The molecular formula is C9H19NO4S. The highest BCUT2D eigenvalue weighted by atomic mass is 32.2. The molecule has 0 aromatic carbocycles. The Bertz CT molecular complexity index is 308. The maximum absolute atomic E-state index is 11.7. The molecule has 0 fully saturated rings. The Hall–Kier alpha value is -0.620. The monoisotopic (exact) mass is 237 g/mol. The maximum Gasteiger partial charge on any atom is 0.320 e. The van der Waals surface area contributed by atoms with E-state index in [1.807, 2.05) is 13.8 Å². The number of carboxylic acid groups (broad SMARTS) is 1. The van der Waals surface area contributed by atoms with E-state index < -0.39 is 21.7 Å². The lowest BCUT2D eigenvalue weighted by Crippen LogP contribution is -2.42. The van der Waals surface area contributed by atoms with Crippen LogP contribution < -0.4 is 0 Å². The molecule has 0 rings (SSSR count). The van der Waals surface area contributed by atoms with Gasteiger partial charge in [-0.3, -0.25) is 4.79 Å². The zero-order valence-corrected chi connectivity index (χ0v) is 10.4. The minimum Gasteiger partial charge on any atom is -0.480 e. The van der Waals surface area contributed by atoms with E-state index in [2.05, 4.69) is 0 Å². The van der Waals surface area contributed by atoms with Crippen molar-refractivity contribution in [2.45, 2.75) is 33.7 Å². The van der Waals surface area contributed by atoms with Gasteiger partial charge < -0.3 is 5.11 Å². The Morgan fingerprint density at radius 1 is 1.27 bits per heavy atom. The topological polar surface area (TPSA) is 74.7 Å². The lowest BCUT2D eigenvalue weighted by Gasteiger charge is -2.26. The van der Waals surface area contributed by atoms with Gasteiger partial charge in [-0.15, -0.1) is 0 Å². The Morgan fingerprint density at radius 3 is 2.00 bits per heavy atom. The van der Waals surface area contributed by atoms with Crippen LogP contribution in [0.5, 0.6) is 0 Å². The molecule has 6 heteroatoms. The predicted molar refractivity (Wildman–Crippen MR) is 58.1 cm³/mol. The van der Waals surface area contributed by atoms with Crippen molar-refractivity contribution in [1.29, 1.82) is 0 Å². The van der Waals surface area contributed by atoms with Crippen LogP contribution in [0.2, 0.25) is 0 Å². The molecule has 15 heavy (non-hydrogen) atoms. The average Bonchev–Trinajstić information content (AvgIpc) is 1.96. The van der Waals surface area contributed by atoms with Crippen molar-refractivity contribution in [2.75, 3.05) is 12.3 Å². The summed E-state index contributed by atoms with van der Waals surface area (Å²) in [4.78, 5) is 10.4. The molecule has 0 radical (unpaired) electrons. The van der Waals surface area contributed by atoms with Crippen molar-refractivity contribution in [3.63, 3.8) is 0 Å². The molecule has 0 bridgehead atoms. The summed E-state index contributed by atoms with van der Waals surface area (Å²) < 4.78 is 24.6. The van der Waals surface area contributed by atoms with Crippen LogP contribution in [0.25, 0.3) is 0 Å². The second-order valence-corrected chi connectivity index (χ2v) is 6.13. The largest absolute Gasteiger partial charge is 0.480 e. The molecular weight excluding hydrogens is 218 g/mol. The number of rotatable bonds is 6. The van der Waals surface area contributed by atoms with Crippen LogP contribution in [0.1, 0.15) is 27.7 Å². The van der Waals surface area contributed by atoms with E-state index in [-0.39, 0.29) is 12.0 Å². The molecule has 0 atom stereocenters. The number of hydrogen-bond acceptors (Lipinski definition) is 3. The normalized spacial score (nSPS) is 12.7. The number of sulfonamides is 1. The summed E-state index contributed by atoms with van der Waals surface area (Å²) in [5, 5.41) is 8.51. The smallest absolute Gasteiger partial charge is 0.320 e. The van der Waals surface area contributed by atoms with Gasteiger partial charge in [-0.25, -0.2) is 8.42 Å². The van der Waals surface area contributed by atoms with E-state index in [0.29, 0.717) is 6.54 Å². The highest BCUT2D eigenvalue weighted by Crippen LogP contribution is 2.11. The third kappa shape index (κ3) is 5.13. The number of hydrogen-bond donors (Lipinski definition) is 1. The third-order valence-electron chi connectivity index (χ3n) is 1.78. The van der Waals surface area contributed by atoms with Crippen molar-refractivity contribution >= 4 is 16.0 Å². The highest BCUT2D eigenvalue weighted by Gasteiger charge is 2.27. The average molecular weight is 237 g/mol. The summed E-state index contributed by atoms with van der Waals surface area (Å²) in [6, 6.07) is -0.211. The van der Waals surface area contributed by atoms with Gasteiger partial charge in [-0.2, -0.15) is 4.31 Å². The summed E-state index contributed by atoms with van der Waals surface area (Å²) in [7, 11) is -3.68. The molecule has 5 nitrogen and oxygen atoms in total. The van der Waals surface area contributed by atoms with Crippen molar-refractivity contribution in [3.8, 4) is 0 Å². The Balaban J connectivity index is 4.83. The second-order valence-electron chi connectivity index (χ2n) is 4.21. The molecule has 0 aliphatic rings. The lowest BCUT2D eigenvalue weighted by molar-refractivity contribution is -0.134. The van der Waals surface area contributed by atoms with Gasteiger partial charge in [0.25, 0.3) is 0 Å². The number of carbonyl (C=O) groups is 1. The van der Waals surface area contributed by atoms with Crippen LogP contribution in [-0.4, -0.2) is 42.1 Å². The minimum atomic E-state index is -3.68. The van der Waals surface area contributed by atoms with E-state index in [1.54, 1.807) is 13.8 Å². The maximum atomic E-state index is 11.7. The minimum absolute atomic E-state index is 0.177. The van der Waals surface area contributed by atoms with Gasteiger partial charge in [-0.1, -0.05) is 13.8 Å². The van der Waals surface area contributed by atoms with Crippen molar-refractivity contribution < 1.29 is 18.3 Å². The molecule has 0 heterocycles. The molecule has 0 aromatic rings. The quantitative estimate of drug-likeness (QED) is 0.740. The Kier molecular flexibility index (Phi) is 5.23. The molecule has 0 aliphatic carbocycles. The first-order chi connectivity index (χ1) is 6.66. The molecule has 90 valence electrons. The first-order valence-corrected chi connectivity index (χ1v) is 6.49. The van der Waals surface area contributed by atoms with Crippen molar-refractivity contribution in [3.05, 3.63) is 0 Å². The fourth-order valence-corrected chi connectivity index (χ4v) is 2.89. The van der Waals surface area contributed by atoms with E-state index in [1.165, 1.54) is 4.31 Å². The molecule has 0 saturated heterocycles. The number of aliphatic carboxylic acids is 1. The summed E-state index contributed by atoms with van der Waals surface area (Å²) in [5.41, 5.74) is 0. The SMILES string of the molecule is CC(C)CN(C(C)C)S(=O)(=O)CC(=O)O. The predicted octanol–water partition coefficient (Wildman–Crippen LogP) is 0.767. The third-order valence-corrected chi connectivity index (χ3v) is 3.68. The fraction of sp³-hybridized carbons (Fsp3) is 0.889. The Morgan fingerprint density at radius 2 is 1.73 bits per heavy atom. The summed E-state index contributed by atoms with van der Waals surface area (Å²) in [5.74, 6) is -1.97. The van der Waals surface area contributed by atoms with Gasteiger partial charge in [0, 0.05) is 12.6 Å². The van der Waals surface area contributed by atoms with E-state index in [9.17, 15) is 13.2 Å². The lowest BCUT2D eigenvalue weighted by atomic mass is 10.2. The molecule has 1 N–H and O–H groups in total. The van der Waals surface area contributed by atoms with Crippen LogP contribution in [0.15, 0.2) is 0 Å². The van der Waals surface area contributed by atoms with Crippen LogP contribution in [0.4, 0.5) is 0 Å². The van der Waals surface area contributed by atoms with Crippen molar-refractivity contribution in [1.82, 2.24) is 4.31 Å². The zero-order chi connectivity index (χ0) is 12.2. The first-order valence-electron chi connectivity index (χ1n) is 4.88. The fourth-order valence-electron chi connectivity index (χ4n) is 1.24. The molecule has 0 saturated carbocycles.